The molecule has 0 radical (unpaired) electrons. The standard InChI is InChI=1S/C14H23N3.C9H10F.C7H13N.Ce/c1-5-7-13(16)12(11(3)15)10-17(4)14(6-2)8-9-14;1-7(2)8-5-3-4-6-9(8)10;1-8-4-6-2-7(3-6)5-8;/h5,7,10H,1,3,6,8-9,15-16H2,2,4H3;3-5,7H,1-2H3;6-7H,2-5H2,1H3;/q;-1;;/b12-10-,13-7+;;;. The van der Waals surface area contributed by atoms with Crippen LogP contribution in [-0.4, -0.2) is 42.5 Å². The van der Waals surface area contributed by atoms with E-state index < -0.39 is 0 Å². The molecule has 1 aromatic carbocycles. The fourth-order valence-corrected chi connectivity index (χ4v) is 4.99. The molecule has 0 amide bonds. The Morgan fingerprint density at radius 1 is 1.28 bits per heavy atom. The van der Waals surface area contributed by atoms with Crippen molar-refractivity contribution in [2.75, 3.05) is 27.2 Å². The van der Waals surface area contributed by atoms with Gasteiger partial charge in [-0.3, -0.25) is 0 Å². The predicted molar refractivity (Wildman–Crippen MR) is 147 cm³/mol. The number of nitrogens with two attached hydrogens (primary N) is 2. The van der Waals surface area contributed by atoms with E-state index in [4.69, 9.17) is 11.5 Å². The van der Waals surface area contributed by atoms with Gasteiger partial charge in [0.1, 0.15) is 0 Å². The van der Waals surface area contributed by atoms with Gasteiger partial charge in [0.15, 0.2) is 0 Å². The minimum atomic E-state index is -0.225. The molecule has 5 rings (SSSR count). The summed E-state index contributed by atoms with van der Waals surface area (Å²) in [6.07, 6.45) is 12.0. The van der Waals surface area contributed by atoms with Crippen LogP contribution in [0.2, 0.25) is 0 Å². The van der Waals surface area contributed by atoms with Crippen molar-refractivity contribution < 1.29 is 46.1 Å². The summed E-state index contributed by atoms with van der Waals surface area (Å²) >= 11 is 0. The molecular weight excluding hydrogens is 575 g/mol. The first-order valence-corrected chi connectivity index (χ1v) is 12.9. The van der Waals surface area contributed by atoms with Gasteiger partial charge in [0.05, 0.1) is 0 Å². The molecule has 2 aliphatic heterocycles. The second-order valence-electron chi connectivity index (χ2n) is 10.6. The molecule has 1 aromatic rings. The van der Waals surface area contributed by atoms with E-state index in [1.54, 1.807) is 30.4 Å². The maximum atomic E-state index is 12.8. The first kappa shape index (κ1) is 32.9. The van der Waals surface area contributed by atoms with Crippen molar-refractivity contribution in [2.45, 2.75) is 64.3 Å². The van der Waals surface area contributed by atoms with Crippen LogP contribution in [0.15, 0.2) is 66.7 Å². The van der Waals surface area contributed by atoms with Crippen LogP contribution in [0.4, 0.5) is 4.39 Å². The number of benzene rings is 1. The fourth-order valence-electron chi connectivity index (χ4n) is 4.99. The summed E-state index contributed by atoms with van der Waals surface area (Å²) in [5.41, 5.74) is 14.6. The Bertz CT molecular complexity index is 903. The molecule has 6 heteroatoms. The number of rotatable bonds is 7. The van der Waals surface area contributed by atoms with Gasteiger partial charge in [0.25, 0.3) is 0 Å². The molecule has 36 heavy (non-hydrogen) atoms. The fraction of sp³-hybridized carbons (Fsp3) is 0.533. The van der Waals surface area contributed by atoms with Gasteiger partial charge < -0.3 is 21.3 Å². The van der Waals surface area contributed by atoms with Gasteiger partial charge in [-0.05, 0) is 57.1 Å². The van der Waals surface area contributed by atoms with Crippen LogP contribution in [0.5, 0.6) is 0 Å². The Balaban J connectivity index is 0.000000288. The number of nitrogens with zero attached hydrogens (tertiary/aromatic N) is 2. The third-order valence-corrected chi connectivity index (χ3v) is 7.44. The molecule has 0 spiro atoms. The van der Waals surface area contributed by atoms with Crippen molar-refractivity contribution in [1.82, 2.24) is 9.80 Å². The van der Waals surface area contributed by atoms with Crippen molar-refractivity contribution in [3.05, 3.63) is 84.1 Å². The maximum Gasteiger partial charge on any atom is 0.0422 e. The molecular formula is C30H46CeFN4-. The molecule has 2 saturated heterocycles. The van der Waals surface area contributed by atoms with Crippen LogP contribution in [-0.2, 0) is 0 Å². The molecule has 0 aromatic heterocycles. The van der Waals surface area contributed by atoms with E-state index >= 15 is 0 Å². The largest absolute Gasteiger partial charge is 0.399 e. The maximum absolute atomic E-state index is 12.8. The van der Waals surface area contributed by atoms with Crippen molar-refractivity contribution in [3.63, 3.8) is 0 Å². The van der Waals surface area contributed by atoms with Crippen molar-refractivity contribution in [2.24, 2.45) is 23.3 Å². The van der Waals surface area contributed by atoms with Gasteiger partial charge in [0, 0.05) is 96.4 Å². The number of allylic oxidation sites excluding steroid dienone is 2. The normalized spacial score (nSPS) is 22.0. The van der Waals surface area contributed by atoms with E-state index in [0.717, 1.165) is 29.4 Å². The minimum Gasteiger partial charge on any atom is -0.399 e. The molecule has 0 unspecified atom stereocenters. The third-order valence-electron chi connectivity index (χ3n) is 7.44. The molecule has 4 nitrogen and oxygen atoms in total. The average Bonchev–Trinajstić information content (AvgIpc) is 3.59. The Hall–Kier alpha value is -1.15. The molecule has 0 atom stereocenters. The molecule has 2 aliphatic carbocycles. The van der Waals surface area contributed by atoms with Crippen molar-refractivity contribution >= 4 is 0 Å². The van der Waals surface area contributed by atoms with Gasteiger partial charge in [-0.2, -0.15) is 18.2 Å². The summed E-state index contributed by atoms with van der Waals surface area (Å²) in [5.74, 6) is 2.19. The molecule has 4 aliphatic rings. The van der Waals surface area contributed by atoms with Crippen LogP contribution in [0.1, 0.15) is 64.4 Å². The SMILES string of the molecule is C=C/C=C(N)\C(=C/N(C)C1(CC)CC1)C(=C)N.CC(C)c1ccc[c-]c1F.CN1CC2CC(C2)C1.[Ce]. The van der Waals surface area contributed by atoms with Crippen LogP contribution >= 0.6 is 0 Å². The van der Waals surface area contributed by atoms with Gasteiger partial charge in [-0.1, -0.05) is 45.9 Å². The average molecular weight is 622 g/mol. The van der Waals surface area contributed by atoms with E-state index in [1.807, 2.05) is 20.0 Å². The molecule has 4 fully saturated rings. The number of fused-ring (bicyclic) bond motifs is 2. The number of halogens is 1. The summed E-state index contributed by atoms with van der Waals surface area (Å²) in [5, 5.41) is 0. The molecule has 2 saturated carbocycles. The summed E-state index contributed by atoms with van der Waals surface area (Å²) in [4.78, 5) is 4.67. The monoisotopic (exact) mass is 621 g/mol. The van der Waals surface area contributed by atoms with E-state index in [0.29, 0.717) is 16.9 Å². The Kier molecular flexibility index (Phi) is 14.0. The molecule has 198 valence electrons. The quantitative estimate of drug-likeness (QED) is 0.292. The summed E-state index contributed by atoms with van der Waals surface area (Å²) < 4.78 is 12.8. The first-order chi connectivity index (χ1) is 16.5. The van der Waals surface area contributed by atoms with Crippen molar-refractivity contribution in [3.8, 4) is 0 Å². The summed E-state index contributed by atoms with van der Waals surface area (Å²) in [6.45, 7) is 16.3. The zero-order valence-corrected chi connectivity index (χ0v) is 26.1. The van der Waals surface area contributed by atoms with Gasteiger partial charge in [-0.25, -0.2) is 4.39 Å². The zero-order valence-electron chi connectivity index (χ0n) is 23.0. The topological polar surface area (TPSA) is 58.5 Å². The summed E-state index contributed by atoms with van der Waals surface area (Å²) in [6, 6.07) is 7.69. The molecule has 4 N–H and O–H groups in total. The predicted octanol–water partition coefficient (Wildman–Crippen LogP) is 5.95. The van der Waals surface area contributed by atoms with Crippen LogP contribution < -0.4 is 11.5 Å². The first-order valence-electron chi connectivity index (χ1n) is 12.9. The van der Waals surface area contributed by atoms with Crippen LogP contribution in [0.3, 0.4) is 0 Å². The minimum absolute atomic E-state index is 0. The van der Waals surface area contributed by atoms with E-state index in [-0.39, 0.29) is 53.5 Å². The zero-order chi connectivity index (χ0) is 26.2. The molecule has 2 heterocycles. The second kappa shape index (κ2) is 15.3. The Morgan fingerprint density at radius 3 is 2.19 bits per heavy atom. The third kappa shape index (κ3) is 9.62. The van der Waals surface area contributed by atoms with Gasteiger partial charge in [0.2, 0.25) is 0 Å². The van der Waals surface area contributed by atoms with E-state index in [9.17, 15) is 4.39 Å². The number of hydrogen-bond donors (Lipinski definition) is 2. The Morgan fingerprint density at radius 2 is 1.86 bits per heavy atom. The summed E-state index contributed by atoms with van der Waals surface area (Å²) in [7, 11) is 4.30. The van der Waals surface area contributed by atoms with Crippen molar-refractivity contribution in [1.29, 1.82) is 0 Å². The Labute approximate surface area is 253 Å². The van der Waals surface area contributed by atoms with Crippen LogP contribution in [0.25, 0.3) is 0 Å². The number of piperidine rings is 2. The van der Waals surface area contributed by atoms with E-state index in [1.165, 1.54) is 38.8 Å². The van der Waals surface area contributed by atoms with Gasteiger partial charge >= 0.3 is 0 Å². The van der Waals surface area contributed by atoms with E-state index in [2.05, 4.69) is 50.0 Å². The van der Waals surface area contributed by atoms with Crippen LogP contribution in [0, 0.1) is 65.5 Å². The smallest absolute Gasteiger partial charge is 0.0422 e. The molecule has 2 bridgehead atoms. The van der Waals surface area contributed by atoms with Gasteiger partial charge in [-0.15, -0.1) is 11.6 Å². The second-order valence-corrected chi connectivity index (χ2v) is 10.6. The number of hydrogen-bond acceptors (Lipinski definition) is 4.